The molecule has 9 aromatic carbocycles. The first kappa shape index (κ1) is 33.7. The molecule has 0 fully saturated rings. The Morgan fingerprint density at radius 1 is 0.390 bits per heavy atom. The van der Waals surface area contributed by atoms with Crippen LogP contribution < -0.4 is 4.90 Å². The average Bonchev–Trinajstić information content (AvgIpc) is 3.70. The summed E-state index contributed by atoms with van der Waals surface area (Å²) in [5.41, 5.74) is 22.2. The molecular weight excluding hydrogens is 713 g/mol. The molecule has 12 rings (SSSR count). The number of hydrogen-bond donors (Lipinski definition) is 0. The molecule has 1 aromatic heterocycles. The highest BCUT2D eigenvalue weighted by molar-refractivity contribution is 6.18. The first-order valence-electron chi connectivity index (χ1n) is 20.6. The van der Waals surface area contributed by atoms with E-state index in [0.29, 0.717) is 0 Å². The van der Waals surface area contributed by atoms with Gasteiger partial charge in [0.15, 0.2) is 0 Å². The van der Waals surface area contributed by atoms with Crippen molar-refractivity contribution in [2.45, 2.75) is 19.3 Å². The summed E-state index contributed by atoms with van der Waals surface area (Å²) in [5, 5.41) is 2.52. The summed E-state index contributed by atoms with van der Waals surface area (Å²) in [5.74, 6) is 0. The van der Waals surface area contributed by atoms with E-state index in [1.54, 1.807) is 0 Å². The van der Waals surface area contributed by atoms with Crippen molar-refractivity contribution in [2.75, 3.05) is 4.90 Å². The maximum absolute atomic E-state index is 2.51. The molecule has 0 N–H and O–H groups in total. The number of aromatic nitrogens is 1. The normalized spacial score (nSPS) is 13.1. The molecule has 1 aliphatic heterocycles. The molecule has 2 nitrogen and oxygen atoms in total. The third kappa shape index (κ3) is 5.00. The Balaban J connectivity index is 1.04. The molecule has 2 heteroatoms. The van der Waals surface area contributed by atoms with E-state index in [0.717, 1.165) is 11.4 Å². The van der Waals surface area contributed by atoms with Gasteiger partial charge in [0.2, 0.25) is 0 Å². The Bertz CT molecular complexity index is 3280. The van der Waals surface area contributed by atoms with E-state index in [1.807, 2.05) is 0 Å². The van der Waals surface area contributed by atoms with Crippen LogP contribution in [0, 0.1) is 0 Å². The molecule has 0 spiro atoms. The molecule has 2 aliphatic rings. The van der Waals surface area contributed by atoms with Crippen molar-refractivity contribution in [1.29, 1.82) is 0 Å². The lowest BCUT2D eigenvalue weighted by Crippen LogP contribution is -2.16. The number of para-hydroxylation sites is 2. The lowest BCUT2D eigenvalue weighted by Gasteiger charge is -2.29. The van der Waals surface area contributed by atoms with Crippen LogP contribution in [-0.4, -0.2) is 4.57 Å². The summed E-state index contributed by atoms with van der Waals surface area (Å²) in [6.07, 6.45) is 0. The van der Waals surface area contributed by atoms with Gasteiger partial charge in [0.1, 0.15) is 0 Å². The van der Waals surface area contributed by atoms with Gasteiger partial charge in [0, 0.05) is 44.3 Å². The molecule has 0 saturated heterocycles. The third-order valence-corrected chi connectivity index (χ3v) is 12.9. The first-order valence-corrected chi connectivity index (χ1v) is 20.6. The van der Waals surface area contributed by atoms with Gasteiger partial charge in [-0.25, -0.2) is 0 Å². The zero-order valence-electron chi connectivity index (χ0n) is 33.0. The van der Waals surface area contributed by atoms with Crippen LogP contribution in [0.3, 0.4) is 0 Å². The number of nitrogens with zero attached hydrogens (tertiary/aromatic N) is 2. The Labute approximate surface area is 344 Å². The van der Waals surface area contributed by atoms with E-state index in [4.69, 9.17) is 0 Å². The van der Waals surface area contributed by atoms with Crippen LogP contribution in [0.1, 0.15) is 25.0 Å². The fourth-order valence-corrected chi connectivity index (χ4v) is 10.2. The van der Waals surface area contributed by atoms with Crippen molar-refractivity contribution in [3.8, 4) is 61.3 Å². The van der Waals surface area contributed by atoms with Gasteiger partial charge in [0.25, 0.3) is 0 Å². The Kier molecular flexibility index (Phi) is 7.31. The minimum Gasteiger partial charge on any atom is -0.310 e. The average molecular weight is 753 g/mol. The highest BCUT2D eigenvalue weighted by atomic mass is 15.1. The van der Waals surface area contributed by atoms with Crippen LogP contribution in [0.2, 0.25) is 0 Å². The fraction of sp³-hybridized carbons (Fsp3) is 0.0526. The molecule has 10 aromatic rings. The molecule has 0 bridgehead atoms. The zero-order valence-corrected chi connectivity index (χ0v) is 33.0. The predicted octanol–water partition coefficient (Wildman–Crippen LogP) is 15.5. The molecule has 0 radical (unpaired) electrons. The van der Waals surface area contributed by atoms with E-state index in [2.05, 4.69) is 230 Å². The summed E-state index contributed by atoms with van der Waals surface area (Å²) in [7, 11) is 0. The molecule has 59 heavy (non-hydrogen) atoms. The third-order valence-electron chi connectivity index (χ3n) is 12.9. The molecule has 1 aliphatic carbocycles. The molecule has 0 unspecified atom stereocenters. The van der Waals surface area contributed by atoms with Crippen molar-refractivity contribution in [1.82, 2.24) is 4.57 Å². The topological polar surface area (TPSA) is 8.17 Å². The molecule has 0 saturated carbocycles. The molecule has 0 amide bonds. The van der Waals surface area contributed by atoms with E-state index >= 15 is 0 Å². The largest absolute Gasteiger partial charge is 0.310 e. The van der Waals surface area contributed by atoms with Gasteiger partial charge in [-0.1, -0.05) is 159 Å². The van der Waals surface area contributed by atoms with Crippen LogP contribution in [0.4, 0.5) is 17.1 Å². The van der Waals surface area contributed by atoms with Crippen LogP contribution >= 0.6 is 0 Å². The second kappa shape index (κ2) is 12.8. The van der Waals surface area contributed by atoms with Crippen molar-refractivity contribution in [3.63, 3.8) is 0 Å². The van der Waals surface area contributed by atoms with Crippen molar-refractivity contribution in [3.05, 3.63) is 217 Å². The molecule has 278 valence electrons. The van der Waals surface area contributed by atoms with Crippen LogP contribution in [0.15, 0.2) is 206 Å². The Hall–Kier alpha value is -7.42. The SMILES string of the molecule is CC1(C)c2ccccc2-c2c(N(c3ccccc3)c3ccc(-c4cc5c6c(c4)c4ccccc4n6-c4ccc(-c6ccccc6)cc4-c4ccccc4-5)cc3)cccc21. The van der Waals surface area contributed by atoms with Crippen molar-refractivity contribution in [2.24, 2.45) is 0 Å². The number of fused-ring (bicyclic) bond motifs is 11. The Morgan fingerprint density at radius 2 is 0.983 bits per heavy atom. The lowest BCUT2D eigenvalue weighted by atomic mass is 9.82. The standard InChI is InChI=1S/C57H40N2/c1-57(2)50-24-13-11-23-46(50)55-51(57)25-15-27-54(55)58(41-18-7-4-8-19-41)42-31-28-38(29-32-42)40-35-48-44-21-10-9-20-43(44)47-34-39(37-16-5-3-6-17-37)30-33-53(47)59-52-26-14-12-22-45(52)49(36-40)56(48)59/h3-36H,1-2H3. The van der Waals surface area contributed by atoms with Crippen LogP contribution in [0.25, 0.3) is 83.1 Å². The number of rotatable bonds is 5. The Morgan fingerprint density at radius 3 is 1.78 bits per heavy atom. The quantitative estimate of drug-likeness (QED) is 0.170. The molecular formula is C57H40N2. The van der Waals surface area contributed by atoms with E-state index in [-0.39, 0.29) is 5.41 Å². The minimum atomic E-state index is -0.0841. The van der Waals surface area contributed by atoms with Gasteiger partial charge in [-0.05, 0) is 111 Å². The summed E-state index contributed by atoms with van der Waals surface area (Å²) in [6, 6.07) is 76.2. The second-order valence-corrected chi connectivity index (χ2v) is 16.5. The van der Waals surface area contributed by atoms with Gasteiger partial charge in [-0.2, -0.15) is 0 Å². The molecule has 0 atom stereocenters. The smallest absolute Gasteiger partial charge is 0.0620 e. The van der Waals surface area contributed by atoms with E-state index in [1.165, 1.54) is 99.9 Å². The van der Waals surface area contributed by atoms with Gasteiger partial charge < -0.3 is 9.47 Å². The van der Waals surface area contributed by atoms with E-state index in [9.17, 15) is 0 Å². The highest BCUT2D eigenvalue weighted by Crippen LogP contribution is 2.54. The summed E-state index contributed by atoms with van der Waals surface area (Å²) in [4.78, 5) is 2.43. The number of benzene rings is 9. The predicted molar refractivity (Wildman–Crippen MR) is 248 cm³/mol. The van der Waals surface area contributed by atoms with E-state index < -0.39 is 0 Å². The highest BCUT2D eigenvalue weighted by Gasteiger charge is 2.37. The zero-order chi connectivity index (χ0) is 39.2. The lowest BCUT2D eigenvalue weighted by molar-refractivity contribution is 0.660. The maximum Gasteiger partial charge on any atom is 0.0620 e. The second-order valence-electron chi connectivity index (χ2n) is 16.5. The number of hydrogen-bond acceptors (Lipinski definition) is 1. The van der Waals surface area contributed by atoms with Gasteiger partial charge in [0.05, 0.1) is 22.4 Å². The van der Waals surface area contributed by atoms with Gasteiger partial charge in [-0.3, -0.25) is 0 Å². The first-order chi connectivity index (χ1) is 29.0. The fourth-order valence-electron chi connectivity index (χ4n) is 10.2. The molecule has 2 heterocycles. The van der Waals surface area contributed by atoms with Crippen LogP contribution in [-0.2, 0) is 5.41 Å². The minimum absolute atomic E-state index is 0.0841. The number of anilines is 3. The van der Waals surface area contributed by atoms with Crippen molar-refractivity contribution < 1.29 is 0 Å². The summed E-state index contributed by atoms with van der Waals surface area (Å²) < 4.78 is 2.51. The maximum atomic E-state index is 2.51. The van der Waals surface area contributed by atoms with Crippen LogP contribution in [0.5, 0.6) is 0 Å². The van der Waals surface area contributed by atoms with Gasteiger partial charge >= 0.3 is 0 Å². The van der Waals surface area contributed by atoms with Gasteiger partial charge in [-0.15, -0.1) is 0 Å². The summed E-state index contributed by atoms with van der Waals surface area (Å²) in [6.45, 7) is 4.71. The van der Waals surface area contributed by atoms with Crippen molar-refractivity contribution >= 4 is 38.9 Å². The monoisotopic (exact) mass is 752 g/mol. The summed E-state index contributed by atoms with van der Waals surface area (Å²) >= 11 is 0.